The fourth-order valence-electron chi connectivity index (χ4n) is 0.898. The van der Waals surface area contributed by atoms with E-state index in [2.05, 4.69) is 0 Å². The molecular formula is C11H16O7. The lowest BCUT2D eigenvalue weighted by Gasteiger charge is -2.10. The summed E-state index contributed by atoms with van der Waals surface area (Å²) in [4.78, 5) is 10.3. The Morgan fingerprint density at radius 1 is 1.06 bits per heavy atom. The number of carboxylic acids is 1. The van der Waals surface area contributed by atoms with Crippen molar-refractivity contribution in [1.82, 2.24) is 0 Å². The number of carboxylic acid groups (broad SMARTS) is 1. The van der Waals surface area contributed by atoms with Crippen molar-refractivity contribution < 1.29 is 35.4 Å². The Hall–Kier alpha value is -1.67. The minimum atomic E-state index is -1.22. The van der Waals surface area contributed by atoms with Gasteiger partial charge < -0.3 is 30.6 Å². The number of carbonyl (C=O) groups is 1. The minimum absolute atomic E-state index is 0.0671. The number of rotatable bonds is 4. The summed E-state index contributed by atoms with van der Waals surface area (Å²) in [6.07, 6.45) is -2.44. The molecule has 0 aromatic heterocycles. The highest BCUT2D eigenvalue weighted by Crippen LogP contribution is 2.14. The highest BCUT2D eigenvalue weighted by Gasteiger charge is 2.12. The molecule has 102 valence electrons. The van der Waals surface area contributed by atoms with Crippen LogP contribution in [0.1, 0.15) is 10.4 Å². The number of aromatic carboxylic acids is 1. The molecule has 1 aromatic rings. The molecule has 6 N–H and O–H groups in total. The monoisotopic (exact) mass is 260 g/mol. The van der Waals surface area contributed by atoms with E-state index in [4.69, 9.17) is 30.6 Å². The fourth-order valence-corrected chi connectivity index (χ4v) is 0.898. The topological polar surface area (TPSA) is 138 Å². The zero-order chi connectivity index (χ0) is 14.1. The smallest absolute Gasteiger partial charge is 0.339 e. The first-order valence-corrected chi connectivity index (χ1v) is 5.03. The van der Waals surface area contributed by atoms with E-state index in [0.29, 0.717) is 0 Å². The predicted molar refractivity (Wildman–Crippen MR) is 61.3 cm³/mol. The van der Waals surface area contributed by atoms with Crippen LogP contribution in [-0.2, 0) is 0 Å². The predicted octanol–water partition coefficient (Wildman–Crippen LogP) is -1.22. The maximum Gasteiger partial charge on any atom is 0.339 e. The first kappa shape index (κ1) is 16.3. The number of aliphatic hydroxyl groups is 4. The summed E-state index contributed by atoms with van der Waals surface area (Å²) < 4.78 is 0. The second kappa shape index (κ2) is 8.43. The molecule has 0 radical (unpaired) electrons. The van der Waals surface area contributed by atoms with Gasteiger partial charge in [0.2, 0.25) is 0 Å². The molecule has 18 heavy (non-hydrogen) atoms. The Balaban J connectivity index is 0.000000331. The molecule has 7 heteroatoms. The van der Waals surface area contributed by atoms with Crippen LogP contribution >= 0.6 is 0 Å². The number of para-hydroxylation sites is 1. The Kier molecular flexibility index (Phi) is 7.64. The van der Waals surface area contributed by atoms with Crippen molar-refractivity contribution in [2.24, 2.45) is 0 Å². The fraction of sp³-hybridized carbons (Fsp3) is 0.364. The molecule has 2 unspecified atom stereocenters. The van der Waals surface area contributed by atoms with Crippen LogP contribution < -0.4 is 0 Å². The van der Waals surface area contributed by atoms with Gasteiger partial charge in [0.05, 0.1) is 13.2 Å². The summed E-state index contributed by atoms with van der Waals surface area (Å²) >= 11 is 0. The maximum atomic E-state index is 10.3. The van der Waals surface area contributed by atoms with Gasteiger partial charge in [-0.05, 0) is 12.1 Å². The molecule has 0 spiro atoms. The van der Waals surface area contributed by atoms with Gasteiger partial charge in [-0.25, -0.2) is 4.79 Å². The molecule has 2 atom stereocenters. The van der Waals surface area contributed by atoms with Gasteiger partial charge in [0.1, 0.15) is 23.5 Å². The third-order valence-electron chi connectivity index (χ3n) is 1.95. The molecule has 1 rings (SSSR count). The molecule has 1 aromatic carbocycles. The first-order chi connectivity index (χ1) is 8.43. The van der Waals surface area contributed by atoms with E-state index < -0.39 is 31.4 Å². The zero-order valence-electron chi connectivity index (χ0n) is 9.47. The van der Waals surface area contributed by atoms with E-state index in [0.717, 1.165) is 0 Å². The quantitative estimate of drug-likeness (QED) is 0.399. The minimum Gasteiger partial charge on any atom is -0.507 e. The molecule has 7 nitrogen and oxygen atoms in total. The number of hydrogen-bond donors (Lipinski definition) is 6. The molecule has 0 fully saturated rings. The van der Waals surface area contributed by atoms with Gasteiger partial charge in [-0.15, -0.1) is 0 Å². The number of phenols is 1. The zero-order valence-corrected chi connectivity index (χ0v) is 9.47. The van der Waals surface area contributed by atoms with Gasteiger partial charge in [0.15, 0.2) is 0 Å². The summed E-state index contributed by atoms with van der Waals surface area (Å²) in [7, 11) is 0. The lowest BCUT2D eigenvalue weighted by atomic mass is 10.2. The summed E-state index contributed by atoms with van der Waals surface area (Å²) in [6, 6.07) is 5.81. The van der Waals surface area contributed by atoms with E-state index in [1.807, 2.05) is 0 Å². The van der Waals surface area contributed by atoms with Crippen molar-refractivity contribution in [3.8, 4) is 5.75 Å². The van der Waals surface area contributed by atoms with Crippen LogP contribution in [0.3, 0.4) is 0 Å². The lowest BCUT2D eigenvalue weighted by Crippen LogP contribution is -2.31. The number of aliphatic hydroxyl groups excluding tert-OH is 4. The van der Waals surface area contributed by atoms with E-state index >= 15 is 0 Å². The van der Waals surface area contributed by atoms with E-state index in [1.165, 1.54) is 12.1 Å². The normalized spacial score (nSPS) is 13.1. The van der Waals surface area contributed by atoms with Gasteiger partial charge >= 0.3 is 5.97 Å². The Morgan fingerprint density at radius 2 is 1.50 bits per heavy atom. The Bertz CT molecular complexity index is 358. The van der Waals surface area contributed by atoms with Crippen molar-refractivity contribution in [3.63, 3.8) is 0 Å². The SMILES string of the molecule is O=C(O)c1ccccc1O.OCC(O)C(O)CO. The van der Waals surface area contributed by atoms with Crippen LogP contribution in [0.4, 0.5) is 0 Å². The molecule has 0 saturated heterocycles. The average Bonchev–Trinajstić information content (AvgIpc) is 2.37. The molecular weight excluding hydrogens is 244 g/mol. The second-order valence-corrected chi connectivity index (χ2v) is 3.32. The van der Waals surface area contributed by atoms with Crippen molar-refractivity contribution in [2.45, 2.75) is 12.2 Å². The molecule has 0 aliphatic rings. The van der Waals surface area contributed by atoms with Gasteiger partial charge in [-0.1, -0.05) is 12.1 Å². The molecule has 0 aliphatic carbocycles. The molecule has 0 amide bonds. The van der Waals surface area contributed by atoms with Crippen LogP contribution in [-0.4, -0.2) is 62.0 Å². The summed E-state index contributed by atoms with van der Waals surface area (Å²) in [5, 5.41) is 50.5. The Morgan fingerprint density at radius 3 is 1.78 bits per heavy atom. The third kappa shape index (κ3) is 5.60. The van der Waals surface area contributed by atoms with Gasteiger partial charge in [-0.2, -0.15) is 0 Å². The van der Waals surface area contributed by atoms with E-state index in [9.17, 15) is 4.79 Å². The molecule has 0 saturated carbocycles. The summed E-state index contributed by atoms with van der Waals surface area (Å²) in [5.74, 6) is -1.31. The van der Waals surface area contributed by atoms with Crippen molar-refractivity contribution in [3.05, 3.63) is 29.8 Å². The van der Waals surface area contributed by atoms with Crippen LogP contribution in [0.25, 0.3) is 0 Å². The third-order valence-corrected chi connectivity index (χ3v) is 1.95. The number of aromatic hydroxyl groups is 1. The first-order valence-electron chi connectivity index (χ1n) is 5.03. The highest BCUT2D eigenvalue weighted by molar-refractivity contribution is 5.90. The van der Waals surface area contributed by atoms with E-state index in [1.54, 1.807) is 12.1 Å². The van der Waals surface area contributed by atoms with Crippen LogP contribution in [0.5, 0.6) is 5.75 Å². The van der Waals surface area contributed by atoms with Crippen molar-refractivity contribution in [1.29, 1.82) is 0 Å². The Labute approximate surface area is 103 Å². The average molecular weight is 260 g/mol. The van der Waals surface area contributed by atoms with Crippen LogP contribution in [0, 0.1) is 0 Å². The molecule has 0 heterocycles. The van der Waals surface area contributed by atoms with Crippen LogP contribution in [0.2, 0.25) is 0 Å². The van der Waals surface area contributed by atoms with Crippen molar-refractivity contribution in [2.75, 3.05) is 13.2 Å². The largest absolute Gasteiger partial charge is 0.507 e. The van der Waals surface area contributed by atoms with E-state index in [-0.39, 0.29) is 11.3 Å². The molecule has 0 aliphatic heterocycles. The maximum absolute atomic E-state index is 10.3. The van der Waals surface area contributed by atoms with Gasteiger partial charge in [-0.3, -0.25) is 0 Å². The number of benzene rings is 1. The summed E-state index contributed by atoms with van der Waals surface area (Å²) in [6.45, 7) is -1.05. The number of hydrogen-bond acceptors (Lipinski definition) is 6. The second-order valence-electron chi connectivity index (χ2n) is 3.32. The van der Waals surface area contributed by atoms with Crippen molar-refractivity contribution >= 4 is 5.97 Å². The van der Waals surface area contributed by atoms with Gasteiger partial charge in [0, 0.05) is 0 Å². The standard InChI is InChI=1S/C7H6O3.C4H10O4/c8-6-4-2-1-3-5(6)7(9)10;5-1-3(7)4(8)2-6/h1-4,8H,(H,9,10);3-8H,1-2H2. The molecule has 0 bridgehead atoms. The lowest BCUT2D eigenvalue weighted by molar-refractivity contribution is -0.0388. The highest BCUT2D eigenvalue weighted by atomic mass is 16.4. The van der Waals surface area contributed by atoms with Crippen LogP contribution in [0.15, 0.2) is 24.3 Å². The summed E-state index contributed by atoms with van der Waals surface area (Å²) in [5.41, 5.74) is -0.0671. The van der Waals surface area contributed by atoms with Gasteiger partial charge in [0.25, 0.3) is 0 Å².